The first-order valence-electron chi connectivity index (χ1n) is 4.12. The molecule has 0 aromatic carbocycles. The molecule has 60 valence electrons. The Morgan fingerprint density at radius 1 is 1.60 bits per heavy atom. The second-order valence-electron chi connectivity index (χ2n) is 3.27. The molecule has 1 N–H and O–H groups in total. The van der Waals surface area contributed by atoms with Crippen LogP contribution in [0.3, 0.4) is 0 Å². The van der Waals surface area contributed by atoms with E-state index < -0.39 is 0 Å². The summed E-state index contributed by atoms with van der Waals surface area (Å²) in [6.45, 7) is 3.06. The molecular formula is C8H17NO. The fourth-order valence-corrected chi connectivity index (χ4v) is 1.72. The van der Waals surface area contributed by atoms with Crippen LogP contribution in [0, 0.1) is 0 Å². The minimum atomic E-state index is -0.0680. The van der Waals surface area contributed by atoms with Gasteiger partial charge in [-0.1, -0.05) is 13.3 Å². The first-order valence-corrected chi connectivity index (χ1v) is 4.12. The molecule has 2 nitrogen and oxygen atoms in total. The van der Waals surface area contributed by atoms with E-state index in [0.29, 0.717) is 6.04 Å². The quantitative estimate of drug-likeness (QED) is 0.619. The zero-order valence-electron chi connectivity index (χ0n) is 6.88. The van der Waals surface area contributed by atoms with Crippen molar-refractivity contribution in [2.24, 2.45) is 0 Å². The van der Waals surface area contributed by atoms with E-state index in [1.807, 2.05) is 0 Å². The van der Waals surface area contributed by atoms with Crippen molar-refractivity contribution in [1.29, 1.82) is 0 Å². The van der Waals surface area contributed by atoms with Gasteiger partial charge in [-0.15, -0.1) is 0 Å². The average molecular weight is 143 g/mol. The van der Waals surface area contributed by atoms with Crippen LogP contribution in [0.4, 0.5) is 0 Å². The highest BCUT2D eigenvalue weighted by Crippen LogP contribution is 2.19. The molecule has 0 radical (unpaired) electrons. The summed E-state index contributed by atoms with van der Waals surface area (Å²) < 4.78 is 0. The predicted molar refractivity (Wildman–Crippen MR) is 41.9 cm³/mol. The monoisotopic (exact) mass is 143 g/mol. The topological polar surface area (TPSA) is 23.5 Å². The number of aliphatic hydroxyl groups excluding tert-OH is 1. The lowest BCUT2D eigenvalue weighted by Crippen LogP contribution is -2.24. The molecule has 0 unspecified atom stereocenters. The molecule has 0 amide bonds. The number of hydrogen-bond acceptors (Lipinski definition) is 2. The first kappa shape index (κ1) is 8.02. The van der Waals surface area contributed by atoms with E-state index in [-0.39, 0.29) is 6.10 Å². The lowest BCUT2D eigenvalue weighted by molar-refractivity contribution is 0.182. The van der Waals surface area contributed by atoms with Gasteiger partial charge in [-0.3, -0.25) is 0 Å². The summed E-state index contributed by atoms with van der Waals surface area (Å²) in [4.78, 5) is 2.26. The molecule has 1 aliphatic heterocycles. The maximum Gasteiger partial charge on any atom is 0.0682 e. The number of hydrogen-bond donors (Lipinski definition) is 1. The van der Waals surface area contributed by atoms with Gasteiger partial charge in [-0.2, -0.15) is 0 Å². The minimum Gasteiger partial charge on any atom is -0.392 e. The van der Waals surface area contributed by atoms with Gasteiger partial charge in [0.1, 0.15) is 0 Å². The van der Waals surface area contributed by atoms with Crippen LogP contribution in [0.15, 0.2) is 0 Å². The van der Waals surface area contributed by atoms with Gasteiger partial charge in [-0.05, 0) is 19.9 Å². The molecule has 0 saturated carbocycles. The fourth-order valence-electron chi connectivity index (χ4n) is 1.72. The summed E-state index contributed by atoms with van der Waals surface area (Å²) in [7, 11) is 2.09. The van der Waals surface area contributed by atoms with Crippen molar-refractivity contribution in [3.63, 3.8) is 0 Å². The van der Waals surface area contributed by atoms with Crippen molar-refractivity contribution < 1.29 is 5.11 Å². The molecule has 0 spiro atoms. The van der Waals surface area contributed by atoms with E-state index in [1.165, 1.54) is 12.8 Å². The van der Waals surface area contributed by atoms with Gasteiger partial charge in [0.2, 0.25) is 0 Å². The van der Waals surface area contributed by atoms with Gasteiger partial charge >= 0.3 is 0 Å². The number of likely N-dealkylation sites (tertiary alicyclic amines) is 1. The van der Waals surface area contributed by atoms with Crippen molar-refractivity contribution in [3.8, 4) is 0 Å². The second-order valence-corrected chi connectivity index (χ2v) is 3.27. The minimum absolute atomic E-state index is 0.0680. The zero-order valence-corrected chi connectivity index (χ0v) is 6.88. The lowest BCUT2D eigenvalue weighted by Gasteiger charge is -2.17. The molecule has 0 aromatic rings. The Bertz CT molecular complexity index is 105. The number of aliphatic hydroxyl groups is 1. The SMILES string of the molecule is CCC[C@@H]1C[C@H](O)CN1C. The van der Waals surface area contributed by atoms with Gasteiger partial charge in [-0.25, -0.2) is 0 Å². The standard InChI is InChI=1S/C8H17NO/c1-3-4-7-5-8(10)6-9(7)2/h7-8,10H,3-6H2,1-2H3/t7-,8+/m1/s1. The third-order valence-corrected chi connectivity index (χ3v) is 2.29. The van der Waals surface area contributed by atoms with Crippen LogP contribution in [-0.4, -0.2) is 35.7 Å². The van der Waals surface area contributed by atoms with Crippen molar-refractivity contribution in [1.82, 2.24) is 4.90 Å². The van der Waals surface area contributed by atoms with Crippen molar-refractivity contribution in [2.45, 2.75) is 38.3 Å². The Hall–Kier alpha value is -0.0800. The Morgan fingerprint density at radius 3 is 2.70 bits per heavy atom. The molecule has 2 atom stereocenters. The molecule has 10 heavy (non-hydrogen) atoms. The molecule has 1 saturated heterocycles. The van der Waals surface area contributed by atoms with Gasteiger partial charge in [0.15, 0.2) is 0 Å². The van der Waals surface area contributed by atoms with E-state index in [1.54, 1.807) is 0 Å². The zero-order chi connectivity index (χ0) is 7.56. The van der Waals surface area contributed by atoms with E-state index in [4.69, 9.17) is 0 Å². The van der Waals surface area contributed by atoms with Crippen LogP contribution in [0.1, 0.15) is 26.2 Å². The number of likely N-dealkylation sites (N-methyl/N-ethyl adjacent to an activating group) is 1. The Kier molecular flexibility index (Phi) is 2.69. The normalized spacial score (nSPS) is 35.1. The van der Waals surface area contributed by atoms with Crippen molar-refractivity contribution >= 4 is 0 Å². The predicted octanol–water partition coefficient (Wildman–Crippen LogP) is 0.851. The molecular weight excluding hydrogens is 126 g/mol. The van der Waals surface area contributed by atoms with Gasteiger partial charge in [0.05, 0.1) is 6.10 Å². The third kappa shape index (κ3) is 1.70. The average Bonchev–Trinajstić information content (AvgIpc) is 2.13. The largest absolute Gasteiger partial charge is 0.392 e. The molecule has 1 fully saturated rings. The molecule has 0 aliphatic carbocycles. The fraction of sp³-hybridized carbons (Fsp3) is 1.00. The summed E-state index contributed by atoms with van der Waals surface area (Å²) in [5, 5.41) is 9.25. The smallest absolute Gasteiger partial charge is 0.0682 e. The summed E-state index contributed by atoms with van der Waals surface area (Å²) in [5.41, 5.74) is 0. The van der Waals surface area contributed by atoms with E-state index in [2.05, 4.69) is 18.9 Å². The maximum absolute atomic E-state index is 9.25. The van der Waals surface area contributed by atoms with Crippen LogP contribution >= 0.6 is 0 Å². The van der Waals surface area contributed by atoms with Crippen molar-refractivity contribution in [3.05, 3.63) is 0 Å². The lowest BCUT2D eigenvalue weighted by atomic mass is 10.1. The molecule has 1 rings (SSSR count). The molecule has 2 heteroatoms. The van der Waals surface area contributed by atoms with E-state index in [9.17, 15) is 5.11 Å². The van der Waals surface area contributed by atoms with Gasteiger partial charge < -0.3 is 10.0 Å². The summed E-state index contributed by atoms with van der Waals surface area (Å²) in [5.74, 6) is 0. The summed E-state index contributed by atoms with van der Waals surface area (Å²) >= 11 is 0. The van der Waals surface area contributed by atoms with Crippen LogP contribution < -0.4 is 0 Å². The number of β-amino-alcohol motifs (C(OH)–C–C–N with tert-alkyl or cyclic N) is 1. The van der Waals surface area contributed by atoms with Gasteiger partial charge in [0, 0.05) is 12.6 Å². The maximum atomic E-state index is 9.25. The first-order chi connectivity index (χ1) is 4.74. The summed E-state index contributed by atoms with van der Waals surface area (Å²) in [6.07, 6.45) is 3.36. The second kappa shape index (κ2) is 3.35. The molecule has 0 aromatic heterocycles. The van der Waals surface area contributed by atoms with Crippen LogP contribution in [-0.2, 0) is 0 Å². The highest BCUT2D eigenvalue weighted by Gasteiger charge is 2.26. The number of rotatable bonds is 2. The Morgan fingerprint density at radius 2 is 2.30 bits per heavy atom. The molecule has 1 heterocycles. The molecule has 1 aliphatic rings. The van der Waals surface area contributed by atoms with Crippen LogP contribution in [0.25, 0.3) is 0 Å². The van der Waals surface area contributed by atoms with E-state index in [0.717, 1.165) is 13.0 Å². The highest BCUT2D eigenvalue weighted by atomic mass is 16.3. The van der Waals surface area contributed by atoms with Crippen LogP contribution in [0.5, 0.6) is 0 Å². The molecule has 0 bridgehead atoms. The summed E-state index contributed by atoms with van der Waals surface area (Å²) in [6, 6.07) is 0.639. The van der Waals surface area contributed by atoms with Crippen molar-refractivity contribution in [2.75, 3.05) is 13.6 Å². The third-order valence-electron chi connectivity index (χ3n) is 2.29. The Balaban J connectivity index is 2.31. The number of nitrogens with zero attached hydrogens (tertiary/aromatic N) is 1. The highest BCUT2D eigenvalue weighted by molar-refractivity contribution is 4.81. The van der Waals surface area contributed by atoms with Gasteiger partial charge in [0.25, 0.3) is 0 Å². The van der Waals surface area contributed by atoms with Crippen LogP contribution in [0.2, 0.25) is 0 Å². The Labute approximate surface area is 62.8 Å². The van der Waals surface area contributed by atoms with E-state index >= 15 is 0 Å².